The molecular weight excluding hydrogens is 204 g/mol. The number of nitrogens with one attached hydrogen (secondary N) is 1. The third-order valence-electron chi connectivity index (χ3n) is 3.04. The van der Waals surface area contributed by atoms with Gasteiger partial charge in [0.15, 0.2) is 11.6 Å². The van der Waals surface area contributed by atoms with Crippen molar-refractivity contribution in [1.82, 2.24) is 9.97 Å². The number of aliphatic hydroxyl groups excluding tert-OH is 1. The van der Waals surface area contributed by atoms with Gasteiger partial charge in [-0.2, -0.15) is 0 Å². The lowest BCUT2D eigenvalue weighted by Crippen LogP contribution is -2.25. The maximum atomic E-state index is 9.55. The molecule has 5 nitrogen and oxygen atoms in total. The van der Waals surface area contributed by atoms with Crippen LogP contribution in [0.25, 0.3) is 0 Å². The van der Waals surface area contributed by atoms with E-state index in [0.717, 1.165) is 32.2 Å². The van der Waals surface area contributed by atoms with E-state index >= 15 is 0 Å². The fourth-order valence-electron chi connectivity index (χ4n) is 2.17. The molecule has 0 aliphatic heterocycles. The van der Waals surface area contributed by atoms with E-state index in [1.54, 1.807) is 12.4 Å². The molecule has 2 atom stereocenters. The Balaban J connectivity index is 1.85. The van der Waals surface area contributed by atoms with Gasteiger partial charge in [0.25, 0.3) is 0 Å². The molecule has 0 radical (unpaired) electrons. The van der Waals surface area contributed by atoms with Crippen molar-refractivity contribution in [3.63, 3.8) is 0 Å². The molecule has 1 aromatic heterocycles. The molecule has 1 aliphatic carbocycles. The Morgan fingerprint density at radius 3 is 2.94 bits per heavy atom. The minimum atomic E-state index is -0.139. The largest absolute Gasteiger partial charge is 0.393 e. The molecule has 4 N–H and O–H groups in total. The monoisotopic (exact) mass is 222 g/mol. The molecule has 2 unspecified atom stereocenters. The van der Waals surface area contributed by atoms with Crippen LogP contribution in [0.1, 0.15) is 25.7 Å². The first kappa shape index (κ1) is 11.1. The Bertz CT molecular complexity index is 345. The highest BCUT2D eigenvalue weighted by Gasteiger charge is 2.20. The molecule has 0 bridgehead atoms. The predicted molar refractivity (Wildman–Crippen MR) is 62.9 cm³/mol. The number of anilines is 2. The van der Waals surface area contributed by atoms with Gasteiger partial charge < -0.3 is 16.2 Å². The molecule has 1 fully saturated rings. The highest BCUT2D eigenvalue weighted by Crippen LogP contribution is 2.24. The number of nitrogens with two attached hydrogens (primary N) is 1. The second-order valence-electron chi connectivity index (χ2n) is 4.36. The standard InChI is InChI=1S/C11H18N4O/c12-10-11(14-5-4-13-10)15-7-8-2-1-3-9(16)6-8/h4-5,8-9,16H,1-3,6-7H2,(H2,12,13)(H,14,15). The van der Waals surface area contributed by atoms with E-state index in [1.165, 1.54) is 0 Å². The summed E-state index contributed by atoms with van der Waals surface area (Å²) in [5, 5.41) is 12.7. The summed E-state index contributed by atoms with van der Waals surface area (Å²) in [6.45, 7) is 0.806. The first-order valence-corrected chi connectivity index (χ1v) is 5.74. The van der Waals surface area contributed by atoms with E-state index in [2.05, 4.69) is 15.3 Å². The third-order valence-corrected chi connectivity index (χ3v) is 3.04. The number of hydrogen-bond donors (Lipinski definition) is 3. The van der Waals surface area contributed by atoms with Crippen LogP contribution in [0.2, 0.25) is 0 Å². The Morgan fingerprint density at radius 1 is 1.38 bits per heavy atom. The molecule has 0 spiro atoms. The maximum Gasteiger partial charge on any atom is 0.168 e. The number of aromatic nitrogens is 2. The van der Waals surface area contributed by atoms with E-state index in [9.17, 15) is 5.11 Å². The minimum Gasteiger partial charge on any atom is -0.393 e. The summed E-state index contributed by atoms with van der Waals surface area (Å²) in [4.78, 5) is 8.08. The van der Waals surface area contributed by atoms with Crippen molar-refractivity contribution in [1.29, 1.82) is 0 Å². The van der Waals surface area contributed by atoms with Gasteiger partial charge in [0, 0.05) is 18.9 Å². The Labute approximate surface area is 95.1 Å². The first-order valence-electron chi connectivity index (χ1n) is 5.74. The average Bonchev–Trinajstić information content (AvgIpc) is 2.28. The van der Waals surface area contributed by atoms with Gasteiger partial charge in [0.2, 0.25) is 0 Å². The van der Waals surface area contributed by atoms with Gasteiger partial charge in [-0.15, -0.1) is 0 Å². The van der Waals surface area contributed by atoms with Gasteiger partial charge in [-0.05, 0) is 25.2 Å². The number of nitrogens with zero attached hydrogens (tertiary/aromatic N) is 2. The zero-order chi connectivity index (χ0) is 11.4. The fraction of sp³-hybridized carbons (Fsp3) is 0.636. The summed E-state index contributed by atoms with van der Waals surface area (Å²) in [7, 11) is 0. The summed E-state index contributed by atoms with van der Waals surface area (Å²) < 4.78 is 0. The SMILES string of the molecule is Nc1nccnc1NCC1CCCC(O)C1. The highest BCUT2D eigenvalue weighted by molar-refractivity contribution is 5.54. The summed E-state index contributed by atoms with van der Waals surface area (Å²) in [6.07, 6.45) is 7.11. The first-order chi connectivity index (χ1) is 7.75. The lowest BCUT2D eigenvalue weighted by atomic mass is 9.87. The number of hydrogen-bond acceptors (Lipinski definition) is 5. The summed E-state index contributed by atoms with van der Waals surface area (Å²) in [5.41, 5.74) is 5.68. The van der Waals surface area contributed by atoms with Gasteiger partial charge in [-0.3, -0.25) is 0 Å². The Morgan fingerprint density at radius 2 is 2.19 bits per heavy atom. The van der Waals surface area contributed by atoms with Crippen molar-refractivity contribution in [3.05, 3.63) is 12.4 Å². The van der Waals surface area contributed by atoms with Crippen molar-refractivity contribution in [2.24, 2.45) is 5.92 Å². The topological polar surface area (TPSA) is 84.1 Å². The average molecular weight is 222 g/mol. The van der Waals surface area contributed by atoms with E-state index in [1.807, 2.05) is 0 Å². The van der Waals surface area contributed by atoms with Gasteiger partial charge in [-0.25, -0.2) is 9.97 Å². The minimum absolute atomic E-state index is 0.139. The Hall–Kier alpha value is -1.36. The quantitative estimate of drug-likeness (QED) is 0.711. The van der Waals surface area contributed by atoms with Crippen molar-refractivity contribution in [2.45, 2.75) is 31.8 Å². The van der Waals surface area contributed by atoms with Crippen LogP contribution in [-0.4, -0.2) is 27.7 Å². The second kappa shape index (κ2) is 5.12. The van der Waals surface area contributed by atoms with E-state index < -0.39 is 0 Å². The molecule has 5 heteroatoms. The normalized spacial score (nSPS) is 25.3. The van der Waals surface area contributed by atoms with E-state index in [-0.39, 0.29) is 6.10 Å². The summed E-state index contributed by atoms with van der Waals surface area (Å²) >= 11 is 0. The Kier molecular flexibility index (Phi) is 3.56. The van der Waals surface area contributed by atoms with Gasteiger partial charge in [0.05, 0.1) is 6.10 Å². The van der Waals surface area contributed by atoms with Gasteiger partial charge >= 0.3 is 0 Å². The van der Waals surface area contributed by atoms with Crippen LogP contribution in [0.3, 0.4) is 0 Å². The fourth-order valence-corrected chi connectivity index (χ4v) is 2.17. The molecule has 1 saturated carbocycles. The van der Waals surface area contributed by atoms with Crippen molar-refractivity contribution in [2.75, 3.05) is 17.6 Å². The number of nitrogen functional groups attached to an aromatic ring is 1. The molecule has 16 heavy (non-hydrogen) atoms. The second-order valence-corrected chi connectivity index (χ2v) is 4.36. The molecule has 88 valence electrons. The molecule has 1 aliphatic rings. The summed E-state index contributed by atoms with van der Waals surface area (Å²) in [5.74, 6) is 1.58. The molecular formula is C11H18N4O. The lowest BCUT2D eigenvalue weighted by molar-refractivity contribution is 0.104. The zero-order valence-electron chi connectivity index (χ0n) is 9.26. The third kappa shape index (κ3) is 2.82. The maximum absolute atomic E-state index is 9.55. The molecule has 1 aromatic rings. The number of rotatable bonds is 3. The van der Waals surface area contributed by atoms with Crippen molar-refractivity contribution in [3.8, 4) is 0 Å². The van der Waals surface area contributed by atoms with Crippen molar-refractivity contribution >= 4 is 11.6 Å². The van der Waals surface area contributed by atoms with E-state index in [4.69, 9.17) is 5.73 Å². The van der Waals surface area contributed by atoms with Crippen LogP contribution in [0.4, 0.5) is 11.6 Å². The summed E-state index contributed by atoms with van der Waals surface area (Å²) in [6, 6.07) is 0. The molecule has 0 saturated heterocycles. The molecule has 1 heterocycles. The predicted octanol–water partition coefficient (Wildman–Crippen LogP) is 1.02. The van der Waals surface area contributed by atoms with Crippen LogP contribution in [0, 0.1) is 5.92 Å². The van der Waals surface area contributed by atoms with Crippen LogP contribution < -0.4 is 11.1 Å². The van der Waals surface area contributed by atoms with Crippen molar-refractivity contribution < 1.29 is 5.11 Å². The highest BCUT2D eigenvalue weighted by atomic mass is 16.3. The molecule has 2 rings (SSSR count). The van der Waals surface area contributed by atoms with E-state index in [0.29, 0.717) is 17.6 Å². The van der Waals surface area contributed by atoms with Crippen LogP contribution in [0.15, 0.2) is 12.4 Å². The van der Waals surface area contributed by atoms with Crippen LogP contribution in [-0.2, 0) is 0 Å². The van der Waals surface area contributed by atoms with Crippen LogP contribution >= 0.6 is 0 Å². The molecule has 0 aromatic carbocycles. The van der Waals surface area contributed by atoms with Gasteiger partial charge in [0.1, 0.15) is 0 Å². The zero-order valence-corrected chi connectivity index (χ0v) is 9.26. The smallest absolute Gasteiger partial charge is 0.168 e. The molecule has 0 amide bonds. The van der Waals surface area contributed by atoms with Gasteiger partial charge in [-0.1, -0.05) is 6.42 Å². The lowest BCUT2D eigenvalue weighted by Gasteiger charge is -2.26. The van der Waals surface area contributed by atoms with Crippen LogP contribution in [0.5, 0.6) is 0 Å². The number of aliphatic hydroxyl groups is 1.